The van der Waals surface area contributed by atoms with Crippen molar-refractivity contribution in [2.24, 2.45) is 0 Å². The summed E-state index contributed by atoms with van der Waals surface area (Å²) in [6.45, 7) is 3.81. The molecule has 0 spiro atoms. The number of carbonyl (C=O) groups excluding carboxylic acids is 1. The zero-order chi connectivity index (χ0) is 47.3. The second-order valence-electron chi connectivity index (χ2n) is 18.9. The number of aliphatic hydroxyl groups is 7. The highest BCUT2D eigenvalue weighted by atomic mass is 31.2. The lowest BCUT2D eigenvalue weighted by atomic mass is 9.85. The zero-order valence-electron chi connectivity index (χ0n) is 40.5. The Hall–Kier alpha value is -0.960. The fourth-order valence-corrected chi connectivity index (χ4v) is 9.56. The van der Waals surface area contributed by atoms with Crippen LogP contribution in [0.2, 0.25) is 0 Å². The molecule has 64 heavy (non-hydrogen) atoms. The fraction of sp³-hybridized carbons (Fsp3) is 0.940. The van der Waals surface area contributed by atoms with Crippen LogP contribution in [0.1, 0.15) is 239 Å². The highest BCUT2D eigenvalue weighted by molar-refractivity contribution is 7.47. The molecule has 14 heteroatoms. The molecule has 1 amide bonds. The van der Waals surface area contributed by atoms with E-state index in [1.807, 2.05) is 0 Å². The fourth-order valence-electron chi connectivity index (χ4n) is 8.59. The summed E-state index contributed by atoms with van der Waals surface area (Å²) in [5, 5.41) is 74.8. The Morgan fingerprint density at radius 2 is 0.875 bits per heavy atom. The van der Waals surface area contributed by atoms with Gasteiger partial charge in [-0.3, -0.25) is 13.8 Å². The van der Waals surface area contributed by atoms with Crippen LogP contribution in [0.25, 0.3) is 0 Å². The Kier molecular flexibility index (Phi) is 38.1. The number of allylic oxidation sites excluding steroid dienone is 2. The van der Waals surface area contributed by atoms with Gasteiger partial charge < -0.3 is 46.0 Å². The molecule has 0 aromatic carbocycles. The first-order chi connectivity index (χ1) is 30.8. The van der Waals surface area contributed by atoms with E-state index in [0.29, 0.717) is 12.8 Å². The number of unbranched alkanes of at least 4 members (excludes halogenated alkanes) is 29. The Bertz CT molecular complexity index is 1150. The molecule has 8 atom stereocenters. The normalized spacial score (nSPS) is 22.7. The predicted octanol–water partition coefficient (Wildman–Crippen LogP) is 9.76. The molecule has 0 bridgehead atoms. The van der Waals surface area contributed by atoms with E-state index in [-0.39, 0.29) is 12.8 Å². The van der Waals surface area contributed by atoms with Crippen LogP contribution >= 0.6 is 7.82 Å². The first kappa shape index (κ1) is 61.1. The number of hydrogen-bond acceptors (Lipinski definition) is 11. The number of aliphatic hydroxyl groups excluding tert-OH is 7. The van der Waals surface area contributed by atoms with Gasteiger partial charge in [-0.05, 0) is 38.5 Å². The summed E-state index contributed by atoms with van der Waals surface area (Å²) in [7, 11) is -5.12. The molecule has 1 aliphatic carbocycles. The summed E-state index contributed by atoms with van der Waals surface area (Å²) in [5.74, 6) is -0.562. The lowest BCUT2D eigenvalue weighted by Gasteiger charge is -2.41. The maximum absolute atomic E-state index is 13.1. The number of rotatable bonds is 44. The van der Waals surface area contributed by atoms with Crippen molar-refractivity contribution in [1.29, 1.82) is 0 Å². The summed E-state index contributed by atoms with van der Waals surface area (Å²) in [6.07, 6.45) is 29.7. The van der Waals surface area contributed by atoms with Crippen LogP contribution in [0.5, 0.6) is 0 Å². The molecule has 0 radical (unpaired) electrons. The SMILES string of the molecule is CCCCCCCCCCCCCC/C=C\CCCCCCCC(O)CC(=O)NC(COP(=O)(O)OC1C(O)C(O)C(O)C(O)C1O)C(O)CCCCCCCCCCCCCCC. The highest BCUT2D eigenvalue weighted by Crippen LogP contribution is 2.47. The van der Waals surface area contributed by atoms with E-state index in [1.54, 1.807) is 0 Å². The molecule has 0 aromatic rings. The molecule has 8 unspecified atom stereocenters. The first-order valence-corrected chi connectivity index (χ1v) is 27.7. The van der Waals surface area contributed by atoms with E-state index in [2.05, 4.69) is 31.3 Å². The van der Waals surface area contributed by atoms with Crippen molar-refractivity contribution in [3.05, 3.63) is 12.2 Å². The molecular formula is C50H98NO12P. The van der Waals surface area contributed by atoms with Crippen LogP contribution in [-0.2, 0) is 18.4 Å². The number of phosphoric acid groups is 1. The zero-order valence-corrected chi connectivity index (χ0v) is 41.4. The van der Waals surface area contributed by atoms with E-state index in [4.69, 9.17) is 9.05 Å². The van der Waals surface area contributed by atoms with Crippen LogP contribution in [0, 0.1) is 0 Å². The minimum Gasteiger partial charge on any atom is -0.393 e. The lowest BCUT2D eigenvalue weighted by molar-refractivity contribution is -0.220. The molecule has 1 saturated carbocycles. The van der Waals surface area contributed by atoms with Crippen LogP contribution in [0.3, 0.4) is 0 Å². The van der Waals surface area contributed by atoms with Gasteiger partial charge in [0, 0.05) is 0 Å². The van der Waals surface area contributed by atoms with E-state index >= 15 is 0 Å². The molecular weight excluding hydrogens is 838 g/mol. The summed E-state index contributed by atoms with van der Waals surface area (Å²) in [4.78, 5) is 23.5. The van der Waals surface area contributed by atoms with Crippen molar-refractivity contribution < 1.29 is 59.0 Å². The Morgan fingerprint density at radius 3 is 1.28 bits per heavy atom. The first-order valence-electron chi connectivity index (χ1n) is 26.2. The van der Waals surface area contributed by atoms with Gasteiger partial charge >= 0.3 is 7.82 Å². The van der Waals surface area contributed by atoms with Crippen molar-refractivity contribution >= 4 is 13.7 Å². The van der Waals surface area contributed by atoms with Crippen molar-refractivity contribution in [3.8, 4) is 0 Å². The minimum absolute atomic E-state index is 0.224. The molecule has 1 rings (SSSR count). The molecule has 0 aliphatic heterocycles. The third kappa shape index (κ3) is 31.2. The van der Waals surface area contributed by atoms with Crippen molar-refractivity contribution in [2.45, 2.75) is 293 Å². The van der Waals surface area contributed by atoms with Gasteiger partial charge in [-0.2, -0.15) is 0 Å². The number of carbonyl (C=O) groups is 1. The molecule has 0 saturated heterocycles. The van der Waals surface area contributed by atoms with E-state index in [9.17, 15) is 50.0 Å². The monoisotopic (exact) mass is 936 g/mol. The van der Waals surface area contributed by atoms with Crippen LogP contribution in [0.15, 0.2) is 12.2 Å². The van der Waals surface area contributed by atoms with Gasteiger partial charge in [0.25, 0.3) is 0 Å². The molecule has 13 nitrogen and oxygen atoms in total. The van der Waals surface area contributed by atoms with Gasteiger partial charge in [-0.25, -0.2) is 4.57 Å². The largest absolute Gasteiger partial charge is 0.472 e. The molecule has 0 aromatic heterocycles. The van der Waals surface area contributed by atoms with Crippen molar-refractivity contribution in [3.63, 3.8) is 0 Å². The maximum atomic E-state index is 13.1. The second-order valence-corrected chi connectivity index (χ2v) is 20.3. The molecule has 0 heterocycles. The van der Waals surface area contributed by atoms with E-state index in [0.717, 1.165) is 70.6 Å². The second kappa shape index (κ2) is 40.0. The summed E-state index contributed by atoms with van der Waals surface area (Å²) < 4.78 is 23.0. The van der Waals surface area contributed by atoms with Gasteiger partial charge in [-0.15, -0.1) is 0 Å². The van der Waals surface area contributed by atoms with E-state index < -0.39 is 75.2 Å². The predicted molar refractivity (Wildman–Crippen MR) is 257 cm³/mol. The van der Waals surface area contributed by atoms with Crippen LogP contribution < -0.4 is 5.32 Å². The van der Waals surface area contributed by atoms with Crippen LogP contribution in [0.4, 0.5) is 0 Å². The van der Waals surface area contributed by atoms with Crippen molar-refractivity contribution in [2.75, 3.05) is 6.61 Å². The van der Waals surface area contributed by atoms with Crippen molar-refractivity contribution in [1.82, 2.24) is 5.32 Å². The van der Waals surface area contributed by atoms with Gasteiger partial charge in [0.1, 0.15) is 36.6 Å². The number of nitrogens with one attached hydrogen (secondary N) is 1. The smallest absolute Gasteiger partial charge is 0.393 e. The number of amides is 1. The minimum atomic E-state index is -5.12. The molecule has 1 aliphatic rings. The lowest BCUT2D eigenvalue weighted by Crippen LogP contribution is -2.64. The van der Waals surface area contributed by atoms with Gasteiger partial charge in [0.15, 0.2) is 0 Å². The summed E-state index contributed by atoms with van der Waals surface area (Å²) in [6, 6.07) is -1.15. The highest BCUT2D eigenvalue weighted by Gasteiger charge is 2.51. The molecule has 380 valence electrons. The number of phosphoric ester groups is 1. The molecule has 1 fully saturated rings. The van der Waals surface area contributed by atoms with Crippen LogP contribution in [-0.4, -0.2) is 108 Å². The third-order valence-corrected chi connectivity index (χ3v) is 13.9. The number of hydrogen-bond donors (Lipinski definition) is 9. The Balaban J connectivity index is 2.41. The Labute approximate surface area is 389 Å². The summed E-state index contributed by atoms with van der Waals surface area (Å²) >= 11 is 0. The standard InChI is InChI=1S/C50H98NO12P/c1-3-5-7-9-11-13-15-17-18-19-20-21-22-23-24-26-27-29-31-33-35-37-41(52)39-44(54)51-42(43(53)38-36-34-32-30-28-25-16-14-12-10-8-6-4-2)40-62-64(60,61)63-50-48(58)46(56)45(55)47(57)49(50)59/h23-24,41-43,45-50,52-53,55-59H,3-22,25-40H2,1-2H3,(H,51,54)(H,60,61)/b24-23-. The topological polar surface area (TPSA) is 226 Å². The van der Waals surface area contributed by atoms with Gasteiger partial charge in [0.05, 0.1) is 31.3 Å². The Morgan fingerprint density at radius 1 is 0.531 bits per heavy atom. The quantitative estimate of drug-likeness (QED) is 0.0158. The maximum Gasteiger partial charge on any atom is 0.472 e. The molecule has 9 N–H and O–H groups in total. The van der Waals surface area contributed by atoms with E-state index in [1.165, 1.54) is 128 Å². The van der Waals surface area contributed by atoms with Gasteiger partial charge in [-0.1, -0.05) is 206 Å². The third-order valence-electron chi connectivity index (χ3n) is 12.9. The average Bonchev–Trinajstić information content (AvgIpc) is 3.27. The van der Waals surface area contributed by atoms with Gasteiger partial charge in [0.2, 0.25) is 5.91 Å². The summed E-state index contributed by atoms with van der Waals surface area (Å²) in [5.41, 5.74) is 0. The average molecular weight is 936 g/mol.